The lowest BCUT2D eigenvalue weighted by Crippen LogP contribution is -3.00. The van der Waals surface area contributed by atoms with Crippen LogP contribution in [0.15, 0.2) is 61.2 Å². The molecule has 5 nitrogen and oxygen atoms in total. The molecule has 7 heteroatoms. The van der Waals surface area contributed by atoms with E-state index in [2.05, 4.69) is 79.5 Å². The number of fused-ring (bicyclic) bond motifs is 2. The van der Waals surface area contributed by atoms with E-state index in [0.717, 1.165) is 31.3 Å². The molecule has 2 fully saturated rings. The van der Waals surface area contributed by atoms with Gasteiger partial charge in [0.25, 0.3) is 0 Å². The van der Waals surface area contributed by atoms with Gasteiger partial charge in [-0.25, -0.2) is 18.3 Å². The molecule has 2 aliphatic carbocycles. The molecule has 208 valence electrons. The van der Waals surface area contributed by atoms with E-state index in [-0.39, 0.29) is 39.4 Å². The fourth-order valence-electron chi connectivity index (χ4n) is 6.84. The normalized spacial score (nSPS) is 16.6. The van der Waals surface area contributed by atoms with Crippen LogP contribution in [0.4, 0.5) is 0 Å². The van der Waals surface area contributed by atoms with Gasteiger partial charge in [0.1, 0.15) is 0 Å². The molecule has 0 saturated heterocycles. The van der Waals surface area contributed by atoms with Gasteiger partial charge in [0.05, 0.1) is 26.2 Å². The zero-order chi connectivity index (χ0) is 23.5. The lowest BCUT2D eigenvalue weighted by atomic mass is 9.89. The van der Waals surface area contributed by atoms with Crippen molar-refractivity contribution in [2.45, 2.75) is 96.8 Å². The van der Waals surface area contributed by atoms with Crippen LogP contribution < -0.4 is 43.1 Å². The molecule has 2 heterocycles. The zero-order valence-corrected chi connectivity index (χ0v) is 25.8. The van der Waals surface area contributed by atoms with Gasteiger partial charge < -0.3 is 39.4 Å². The number of para-hydroxylation sites is 4. The van der Waals surface area contributed by atoms with Crippen molar-refractivity contribution in [3.05, 3.63) is 61.2 Å². The van der Waals surface area contributed by atoms with Gasteiger partial charge in [-0.15, -0.1) is 0 Å². The number of nitrogens with zero attached hydrogens (tertiary/aromatic N) is 4. The Bertz CT molecular complexity index is 1170. The zero-order valence-electron chi connectivity index (χ0n) is 22.6. The summed E-state index contributed by atoms with van der Waals surface area (Å²) >= 11 is 0. The SMILES string of the molecule is O.[Br-].[Br-].c1ccc2c(c1)n(CCCn1c[n+](CC3CCCCC3)c3ccccc31)c[n+]2CC1CCCCC1. The summed E-state index contributed by atoms with van der Waals surface area (Å²) in [6, 6.07) is 18.0. The van der Waals surface area contributed by atoms with Crippen molar-refractivity contribution in [1.82, 2.24) is 9.13 Å². The number of imidazole rings is 2. The maximum Gasteiger partial charge on any atom is 0.244 e. The highest BCUT2D eigenvalue weighted by Crippen LogP contribution is 2.25. The Kier molecular flexibility index (Phi) is 11.9. The fourth-order valence-corrected chi connectivity index (χ4v) is 6.84. The van der Waals surface area contributed by atoms with Crippen molar-refractivity contribution < 1.29 is 48.6 Å². The average Bonchev–Trinajstić information content (AvgIpc) is 3.44. The minimum Gasteiger partial charge on any atom is -1.00 e. The molecular formula is C31H44Br2N4O. The Morgan fingerprint density at radius 3 is 1.39 bits per heavy atom. The van der Waals surface area contributed by atoms with Crippen LogP contribution in [0.3, 0.4) is 0 Å². The van der Waals surface area contributed by atoms with E-state index in [4.69, 9.17) is 0 Å². The number of rotatable bonds is 8. The molecular weight excluding hydrogens is 604 g/mol. The Morgan fingerprint density at radius 1 is 0.579 bits per heavy atom. The summed E-state index contributed by atoms with van der Waals surface area (Å²) in [4.78, 5) is 0. The van der Waals surface area contributed by atoms with E-state index >= 15 is 0 Å². The van der Waals surface area contributed by atoms with E-state index in [1.165, 1.54) is 99.4 Å². The quantitative estimate of drug-likeness (QED) is 0.234. The summed E-state index contributed by atoms with van der Waals surface area (Å²) in [7, 11) is 0. The van der Waals surface area contributed by atoms with E-state index in [1.807, 2.05) is 0 Å². The highest BCUT2D eigenvalue weighted by Gasteiger charge is 2.23. The Balaban J connectivity index is 0.00000133. The van der Waals surface area contributed by atoms with Gasteiger partial charge >= 0.3 is 0 Å². The molecule has 0 spiro atoms. The lowest BCUT2D eigenvalue weighted by molar-refractivity contribution is -0.679. The number of aryl methyl sites for hydroxylation is 2. The van der Waals surface area contributed by atoms with E-state index in [0.29, 0.717) is 0 Å². The van der Waals surface area contributed by atoms with Gasteiger partial charge in [0.2, 0.25) is 12.7 Å². The van der Waals surface area contributed by atoms with Gasteiger partial charge in [-0.3, -0.25) is 0 Å². The summed E-state index contributed by atoms with van der Waals surface area (Å²) in [6.07, 6.45) is 20.0. The monoisotopic (exact) mass is 646 g/mol. The van der Waals surface area contributed by atoms with Crippen molar-refractivity contribution in [2.24, 2.45) is 11.8 Å². The van der Waals surface area contributed by atoms with Gasteiger partial charge in [0.15, 0.2) is 22.1 Å². The highest BCUT2D eigenvalue weighted by atomic mass is 79.9. The molecule has 2 aromatic carbocycles. The van der Waals surface area contributed by atoms with Crippen LogP contribution in [-0.2, 0) is 26.2 Å². The summed E-state index contributed by atoms with van der Waals surface area (Å²) in [6.45, 7) is 4.48. The predicted molar refractivity (Wildman–Crippen MR) is 146 cm³/mol. The Labute approximate surface area is 248 Å². The molecule has 0 bridgehead atoms. The summed E-state index contributed by atoms with van der Waals surface area (Å²) < 4.78 is 10.1. The number of aromatic nitrogens is 4. The summed E-state index contributed by atoms with van der Waals surface area (Å²) in [5.74, 6) is 1.69. The van der Waals surface area contributed by atoms with Crippen molar-refractivity contribution in [2.75, 3.05) is 0 Å². The third kappa shape index (κ3) is 6.89. The van der Waals surface area contributed by atoms with Crippen LogP contribution >= 0.6 is 0 Å². The maximum atomic E-state index is 2.54. The number of hydrogen-bond acceptors (Lipinski definition) is 0. The molecule has 6 rings (SSSR count). The van der Waals surface area contributed by atoms with Crippen molar-refractivity contribution in [1.29, 1.82) is 0 Å². The lowest BCUT2D eigenvalue weighted by Gasteiger charge is -2.19. The van der Waals surface area contributed by atoms with Crippen molar-refractivity contribution in [3.63, 3.8) is 0 Å². The highest BCUT2D eigenvalue weighted by molar-refractivity contribution is 5.72. The average molecular weight is 649 g/mol. The molecule has 2 aliphatic rings. The van der Waals surface area contributed by atoms with Crippen LogP contribution in [0, 0.1) is 11.8 Å². The number of halogens is 2. The smallest absolute Gasteiger partial charge is 0.244 e. The second-order valence-electron chi connectivity index (χ2n) is 11.3. The first kappa shape index (κ1) is 30.8. The summed E-state index contributed by atoms with van der Waals surface area (Å²) in [5.41, 5.74) is 5.56. The topological polar surface area (TPSA) is 49.1 Å². The molecule has 0 radical (unpaired) electrons. The Morgan fingerprint density at radius 2 is 0.974 bits per heavy atom. The predicted octanol–water partition coefficient (Wildman–Crippen LogP) is -0.395. The minimum atomic E-state index is 0. The molecule has 0 amide bonds. The summed E-state index contributed by atoms with van der Waals surface area (Å²) in [5, 5.41) is 0. The van der Waals surface area contributed by atoms with Crippen molar-refractivity contribution >= 4 is 22.1 Å². The number of benzene rings is 2. The van der Waals surface area contributed by atoms with E-state index in [9.17, 15) is 0 Å². The third-order valence-electron chi connectivity index (χ3n) is 8.72. The van der Waals surface area contributed by atoms with E-state index in [1.54, 1.807) is 0 Å². The first-order valence-corrected chi connectivity index (χ1v) is 14.3. The molecule has 4 aromatic rings. The Hall–Kier alpha value is -1.70. The largest absolute Gasteiger partial charge is 1.00 e. The van der Waals surface area contributed by atoms with Crippen LogP contribution in [-0.4, -0.2) is 14.6 Å². The molecule has 38 heavy (non-hydrogen) atoms. The molecule has 0 atom stereocenters. The molecule has 2 saturated carbocycles. The second kappa shape index (κ2) is 14.6. The van der Waals surface area contributed by atoms with E-state index < -0.39 is 0 Å². The standard InChI is InChI=1S/C31H42N4.2BrH.H2O/c1-3-12-26(13-4-1)22-34-24-32(28-16-7-9-18-30(28)34)20-11-21-33-25-35(23-27-14-5-2-6-15-27)31-19-10-8-17-29(31)33;;;/h7-10,16-19,24-27H,1-6,11-15,20-23H2;2*1H;1H2/q+2;;;/p-2. The molecule has 2 N–H and O–H groups in total. The first-order valence-electron chi connectivity index (χ1n) is 14.3. The maximum absolute atomic E-state index is 2.54. The van der Waals surface area contributed by atoms with Crippen LogP contribution in [0.1, 0.15) is 70.6 Å². The molecule has 0 unspecified atom stereocenters. The fraction of sp³-hybridized carbons (Fsp3) is 0.548. The minimum absolute atomic E-state index is 0. The van der Waals surface area contributed by atoms with Gasteiger partial charge in [-0.2, -0.15) is 0 Å². The van der Waals surface area contributed by atoms with Crippen molar-refractivity contribution in [3.8, 4) is 0 Å². The van der Waals surface area contributed by atoms with Gasteiger partial charge in [-0.1, -0.05) is 62.8 Å². The van der Waals surface area contributed by atoms with Crippen LogP contribution in [0.5, 0.6) is 0 Å². The van der Waals surface area contributed by atoms with Crippen LogP contribution in [0.2, 0.25) is 0 Å². The first-order chi connectivity index (χ1) is 17.3. The van der Waals surface area contributed by atoms with Crippen LogP contribution in [0.25, 0.3) is 22.1 Å². The molecule has 0 aliphatic heterocycles. The second-order valence-corrected chi connectivity index (χ2v) is 11.3. The third-order valence-corrected chi connectivity index (χ3v) is 8.72. The van der Waals surface area contributed by atoms with Gasteiger partial charge in [-0.05, 0) is 61.8 Å². The van der Waals surface area contributed by atoms with Gasteiger partial charge in [0, 0.05) is 6.42 Å². The molecule has 2 aromatic heterocycles. The number of hydrogen-bond donors (Lipinski definition) is 0.